The number of imidazole rings is 2. The second-order valence-corrected chi connectivity index (χ2v) is 7.60. The highest BCUT2D eigenvalue weighted by molar-refractivity contribution is 5.60. The smallest absolute Gasteiger partial charge is 0.137 e. The molecule has 0 amide bonds. The second kappa shape index (κ2) is 6.87. The van der Waals surface area contributed by atoms with Crippen molar-refractivity contribution in [1.29, 1.82) is 0 Å². The van der Waals surface area contributed by atoms with Crippen LogP contribution in [0.2, 0.25) is 0 Å². The highest BCUT2D eigenvalue weighted by Crippen LogP contribution is 2.33. The zero-order valence-electron chi connectivity index (χ0n) is 16.2. The van der Waals surface area contributed by atoms with Gasteiger partial charge in [-0.1, -0.05) is 12.1 Å². The first-order valence-corrected chi connectivity index (χ1v) is 9.83. The van der Waals surface area contributed by atoms with Crippen molar-refractivity contribution in [3.05, 3.63) is 72.2 Å². The lowest BCUT2D eigenvalue weighted by Crippen LogP contribution is -2.32. The van der Waals surface area contributed by atoms with Gasteiger partial charge in [0.15, 0.2) is 0 Å². The first-order valence-electron chi connectivity index (χ1n) is 9.83. The summed E-state index contributed by atoms with van der Waals surface area (Å²) in [6, 6.07) is 10.9. The molecule has 4 aromatic heterocycles. The van der Waals surface area contributed by atoms with Crippen LogP contribution >= 0.6 is 0 Å². The molecule has 1 aliphatic rings. The predicted octanol–water partition coefficient (Wildman–Crippen LogP) is 3.99. The largest absolute Gasteiger partial charge is 0.333 e. The minimum Gasteiger partial charge on any atom is -0.333 e. The molecule has 0 bridgehead atoms. The van der Waals surface area contributed by atoms with Gasteiger partial charge in [-0.2, -0.15) is 0 Å². The molecule has 2 atom stereocenters. The van der Waals surface area contributed by atoms with Crippen LogP contribution < -0.4 is 5.32 Å². The number of aromatic nitrogens is 5. The van der Waals surface area contributed by atoms with Crippen LogP contribution in [0, 0.1) is 6.92 Å². The lowest BCUT2D eigenvalue weighted by molar-refractivity contribution is 0.321. The molecule has 0 spiro atoms. The van der Waals surface area contributed by atoms with Gasteiger partial charge in [0.1, 0.15) is 5.65 Å². The number of aryl methyl sites for hydroxylation is 2. The van der Waals surface area contributed by atoms with Gasteiger partial charge in [0.05, 0.1) is 47.4 Å². The zero-order valence-corrected chi connectivity index (χ0v) is 16.2. The molecule has 142 valence electrons. The topological polar surface area (TPSA) is 60.0 Å². The van der Waals surface area contributed by atoms with Crippen LogP contribution in [0.5, 0.6) is 0 Å². The normalized spacial score (nSPS) is 19.9. The summed E-state index contributed by atoms with van der Waals surface area (Å²) in [5.41, 5.74) is 6.64. The van der Waals surface area contributed by atoms with Gasteiger partial charge < -0.3 is 9.88 Å². The molecule has 28 heavy (non-hydrogen) atoms. The number of fused-ring (bicyclic) bond motifs is 1. The molecule has 0 saturated carbocycles. The van der Waals surface area contributed by atoms with Crippen LogP contribution in [0.15, 0.2) is 55.2 Å². The number of pyridine rings is 2. The Kier molecular flexibility index (Phi) is 4.20. The fourth-order valence-electron chi connectivity index (χ4n) is 4.26. The van der Waals surface area contributed by atoms with Crippen molar-refractivity contribution >= 4 is 5.65 Å². The van der Waals surface area contributed by atoms with Crippen molar-refractivity contribution in [2.45, 2.75) is 38.3 Å². The molecule has 5 heterocycles. The Balaban J connectivity index is 1.50. The van der Waals surface area contributed by atoms with Crippen LogP contribution in [-0.4, -0.2) is 23.9 Å². The minimum absolute atomic E-state index is 0.236. The Hall–Kier alpha value is -2.99. The molecule has 4 aromatic rings. The summed E-state index contributed by atoms with van der Waals surface area (Å²) >= 11 is 0. The van der Waals surface area contributed by atoms with Crippen molar-refractivity contribution in [2.75, 3.05) is 0 Å². The Bertz CT molecular complexity index is 1120. The highest BCUT2D eigenvalue weighted by Gasteiger charge is 2.27. The van der Waals surface area contributed by atoms with Crippen molar-refractivity contribution < 1.29 is 0 Å². The van der Waals surface area contributed by atoms with E-state index in [1.165, 1.54) is 12.0 Å². The molecule has 0 radical (unpaired) electrons. The molecule has 1 saturated heterocycles. The average Bonchev–Trinajstić information content (AvgIpc) is 3.34. The van der Waals surface area contributed by atoms with Crippen molar-refractivity contribution in [3.63, 3.8) is 0 Å². The summed E-state index contributed by atoms with van der Waals surface area (Å²) < 4.78 is 4.21. The van der Waals surface area contributed by atoms with E-state index in [2.05, 4.69) is 57.1 Å². The Morgan fingerprint density at radius 3 is 2.79 bits per heavy atom. The molecule has 6 heteroatoms. The predicted molar refractivity (Wildman–Crippen MR) is 109 cm³/mol. The first-order chi connectivity index (χ1) is 13.7. The third-order valence-electron chi connectivity index (χ3n) is 5.71. The molecule has 5 rings (SSSR count). The maximum Gasteiger partial charge on any atom is 0.137 e. The van der Waals surface area contributed by atoms with Crippen molar-refractivity contribution in [3.8, 4) is 11.4 Å². The lowest BCUT2D eigenvalue weighted by atomic mass is 9.93. The fourth-order valence-corrected chi connectivity index (χ4v) is 4.26. The zero-order chi connectivity index (χ0) is 19.1. The molecule has 0 aliphatic carbocycles. The number of nitrogens with zero attached hydrogens (tertiary/aromatic N) is 5. The van der Waals surface area contributed by atoms with Crippen LogP contribution in [-0.2, 0) is 7.05 Å². The van der Waals surface area contributed by atoms with E-state index in [0.29, 0.717) is 0 Å². The quantitative estimate of drug-likeness (QED) is 0.591. The summed E-state index contributed by atoms with van der Waals surface area (Å²) in [4.78, 5) is 13.8. The van der Waals surface area contributed by atoms with E-state index in [1.807, 2.05) is 36.4 Å². The van der Waals surface area contributed by atoms with E-state index in [9.17, 15) is 0 Å². The van der Waals surface area contributed by atoms with E-state index in [1.54, 1.807) is 0 Å². The Morgan fingerprint density at radius 2 is 1.96 bits per heavy atom. The number of nitrogens with one attached hydrogen (secondary N) is 1. The number of hydrogen-bond acceptors (Lipinski definition) is 4. The lowest BCUT2D eigenvalue weighted by Gasteiger charge is -2.30. The van der Waals surface area contributed by atoms with Gasteiger partial charge in [-0.15, -0.1) is 0 Å². The van der Waals surface area contributed by atoms with Gasteiger partial charge in [0.25, 0.3) is 0 Å². The maximum absolute atomic E-state index is 4.94. The first kappa shape index (κ1) is 17.1. The third kappa shape index (κ3) is 2.90. The Labute approximate surface area is 164 Å². The van der Waals surface area contributed by atoms with Crippen molar-refractivity contribution in [2.24, 2.45) is 7.05 Å². The molecule has 1 fully saturated rings. The molecule has 1 aliphatic heterocycles. The highest BCUT2D eigenvalue weighted by atomic mass is 15.1. The summed E-state index contributed by atoms with van der Waals surface area (Å²) in [6.07, 6.45) is 11.2. The van der Waals surface area contributed by atoms with Gasteiger partial charge in [0, 0.05) is 19.4 Å². The van der Waals surface area contributed by atoms with Crippen LogP contribution in [0.1, 0.15) is 48.3 Å². The second-order valence-electron chi connectivity index (χ2n) is 7.60. The van der Waals surface area contributed by atoms with Gasteiger partial charge >= 0.3 is 0 Å². The monoisotopic (exact) mass is 372 g/mol. The summed E-state index contributed by atoms with van der Waals surface area (Å²) in [5, 5.41) is 3.80. The van der Waals surface area contributed by atoms with Gasteiger partial charge in [-0.05, 0) is 49.9 Å². The van der Waals surface area contributed by atoms with Crippen molar-refractivity contribution in [1.82, 2.24) is 29.2 Å². The minimum atomic E-state index is 0.236. The van der Waals surface area contributed by atoms with E-state index >= 15 is 0 Å². The van der Waals surface area contributed by atoms with Crippen LogP contribution in [0.3, 0.4) is 0 Å². The molecule has 0 aromatic carbocycles. The number of rotatable bonds is 3. The SMILES string of the molecule is Cc1cccnc1[C@@H]1CCC[C@H](c2cn3c(-c4cncn4C)cccc3n2)N1. The number of hydrogen-bond donors (Lipinski definition) is 1. The molecule has 1 N–H and O–H groups in total. The molecule has 6 nitrogen and oxygen atoms in total. The van der Waals surface area contributed by atoms with E-state index in [0.717, 1.165) is 41.3 Å². The molecular formula is C22H24N6. The number of piperidine rings is 1. The van der Waals surface area contributed by atoms with E-state index in [-0.39, 0.29) is 12.1 Å². The maximum atomic E-state index is 4.94. The summed E-state index contributed by atoms with van der Waals surface area (Å²) in [7, 11) is 2.02. The third-order valence-corrected chi connectivity index (χ3v) is 5.71. The summed E-state index contributed by atoms with van der Waals surface area (Å²) in [5.74, 6) is 0. The van der Waals surface area contributed by atoms with Crippen LogP contribution in [0.25, 0.3) is 17.0 Å². The van der Waals surface area contributed by atoms with Gasteiger partial charge in [-0.3, -0.25) is 9.38 Å². The fraction of sp³-hybridized carbons (Fsp3) is 0.318. The molecule has 0 unspecified atom stereocenters. The van der Waals surface area contributed by atoms with Crippen LogP contribution in [0.4, 0.5) is 0 Å². The Morgan fingerprint density at radius 1 is 1.07 bits per heavy atom. The average molecular weight is 372 g/mol. The standard InChI is InChI=1S/C22H24N6/c1-15-6-5-11-24-22(15)17-8-3-7-16(25-17)18-13-28-19(9-4-10-21(28)26-18)20-12-23-14-27(20)2/h4-6,9-14,16-17,25H,3,7-8H2,1-2H3/t16-,17+/m1/s1. The van der Waals surface area contributed by atoms with E-state index < -0.39 is 0 Å². The summed E-state index contributed by atoms with van der Waals surface area (Å²) in [6.45, 7) is 2.14. The van der Waals surface area contributed by atoms with E-state index in [4.69, 9.17) is 4.98 Å². The van der Waals surface area contributed by atoms with Gasteiger partial charge in [0.2, 0.25) is 0 Å². The molecular weight excluding hydrogens is 348 g/mol. The van der Waals surface area contributed by atoms with Gasteiger partial charge in [-0.25, -0.2) is 9.97 Å².